The third-order valence-corrected chi connectivity index (χ3v) is 3.08. The van der Waals surface area contributed by atoms with E-state index >= 15 is 0 Å². The Balaban J connectivity index is 2.23. The Morgan fingerprint density at radius 1 is 1.42 bits per heavy atom. The lowest BCUT2D eigenvalue weighted by Crippen LogP contribution is -2.35. The molecule has 0 aliphatic carbocycles. The van der Waals surface area contributed by atoms with Crippen molar-refractivity contribution in [3.63, 3.8) is 0 Å². The van der Waals surface area contributed by atoms with Crippen LogP contribution in [0.3, 0.4) is 0 Å². The number of rotatable bonds is 3. The van der Waals surface area contributed by atoms with Crippen LogP contribution in [0, 0.1) is 5.82 Å². The Kier molecular flexibility index (Phi) is 4.14. The number of benzene rings is 1. The summed E-state index contributed by atoms with van der Waals surface area (Å²) in [5, 5.41) is 0. The fraction of sp³-hybridized carbons (Fsp3) is 0.429. The molecular formula is C14H16FNO3. The lowest BCUT2D eigenvalue weighted by Gasteiger charge is -2.26. The summed E-state index contributed by atoms with van der Waals surface area (Å²) < 4.78 is 18.6. The van der Waals surface area contributed by atoms with Crippen molar-refractivity contribution in [2.45, 2.75) is 26.2 Å². The number of carbonyl (C=O) groups is 2. The molecule has 1 aromatic carbocycles. The van der Waals surface area contributed by atoms with Crippen LogP contribution in [-0.2, 0) is 9.53 Å². The molecule has 1 amide bonds. The van der Waals surface area contributed by atoms with Crippen molar-refractivity contribution < 1.29 is 18.7 Å². The molecule has 1 aliphatic heterocycles. The summed E-state index contributed by atoms with van der Waals surface area (Å²) in [5.74, 6) is -1.35. The maximum atomic E-state index is 13.9. The lowest BCUT2D eigenvalue weighted by atomic mass is 10.1. The van der Waals surface area contributed by atoms with Crippen LogP contribution in [0.1, 0.15) is 36.5 Å². The molecule has 0 N–H and O–H groups in total. The van der Waals surface area contributed by atoms with Gasteiger partial charge in [0.25, 0.3) is 0 Å². The van der Waals surface area contributed by atoms with Crippen molar-refractivity contribution >= 4 is 17.6 Å². The number of anilines is 1. The van der Waals surface area contributed by atoms with E-state index in [2.05, 4.69) is 0 Å². The van der Waals surface area contributed by atoms with Gasteiger partial charge in [0, 0.05) is 18.7 Å². The molecule has 0 atom stereocenters. The highest BCUT2D eigenvalue weighted by atomic mass is 19.1. The highest BCUT2D eigenvalue weighted by molar-refractivity contribution is 5.95. The maximum Gasteiger partial charge on any atom is 0.341 e. The molecule has 0 spiro atoms. The summed E-state index contributed by atoms with van der Waals surface area (Å²) in [5.41, 5.74) is 0.394. The van der Waals surface area contributed by atoms with E-state index in [0.29, 0.717) is 18.7 Å². The monoisotopic (exact) mass is 265 g/mol. The van der Waals surface area contributed by atoms with Crippen molar-refractivity contribution in [3.8, 4) is 0 Å². The van der Waals surface area contributed by atoms with E-state index in [4.69, 9.17) is 4.74 Å². The zero-order valence-corrected chi connectivity index (χ0v) is 10.8. The van der Waals surface area contributed by atoms with Gasteiger partial charge in [0.15, 0.2) is 0 Å². The van der Waals surface area contributed by atoms with E-state index in [9.17, 15) is 14.0 Å². The predicted octanol–water partition coefficient (Wildman–Crippen LogP) is 2.52. The van der Waals surface area contributed by atoms with Gasteiger partial charge in [-0.2, -0.15) is 0 Å². The molecule has 1 aliphatic rings. The Labute approximate surface area is 111 Å². The molecule has 1 saturated heterocycles. The van der Waals surface area contributed by atoms with Crippen LogP contribution in [0.2, 0.25) is 0 Å². The highest BCUT2D eigenvalue weighted by Crippen LogP contribution is 2.23. The van der Waals surface area contributed by atoms with Gasteiger partial charge in [0.2, 0.25) is 5.91 Å². The summed E-state index contributed by atoms with van der Waals surface area (Å²) in [6.07, 6.45) is 2.27. The zero-order valence-electron chi connectivity index (χ0n) is 10.8. The lowest BCUT2D eigenvalue weighted by molar-refractivity contribution is -0.119. The SMILES string of the molecule is CCOC(=O)c1ccc(N2CCCCC2=O)cc1F. The van der Waals surface area contributed by atoms with Crippen LogP contribution in [-0.4, -0.2) is 25.0 Å². The van der Waals surface area contributed by atoms with Crippen LogP contribution in [0.25, 0.3) is 0 Å². The molecule has 5 heteroatoms. The van der Waals surface area contributed by atoms with E-state index in [1.807, 2.05) is 0 Å². The van der Waals surface area contributed by atoms with E-state index in [-0.39, 0.29) is 18.1 Å². The average Bonchev–Trinajstić information content (AvgIpc) is 2.39. The van der Waals surface area contributed by atoms with Gasteiger partial charge in [0.05, 0.1) is 12.2 Å². The number of amides is 1. The fourth-order valence-electron chi connectivity index (χ4n) is 2.13. The normalized spacial score (nSPS) is 15.5. The molecule has 1 fully saturated rings. The molecule has 0 bridgehead atoms. The minimum absolute atomic E-state index is 0.00506. The Morgan fingerprint density at radius 2 is 2.21 bits per heavy atom. The van der Waals surface area contributed by atoms with Crippen molar-refractivity contribution in [1.82, 2.24) is 0 Å². The molecule has 102 valence electrons. The summed E-state index contributed by atoms with van der Waals surface area (Å²) in [6.45, 7) is 2.46. The zero-order chi connectivity index (χ0) is 13.8. The average molecular weight is 265 g/mol. The minimum atomic E-state index is -0.684. The number of ether oxygens (including phenoxy) is 1. The third kappa shape index (κ3) is 2.92. The minimum Gasteiger partial charge on any atom is -0.462 e. The molecule has 1 heterocycles. The standard InChI is InChI=1S/C14H16FNO3/c1-2-19-14(18)11-7-6-10(9-12(11)15)16-8-4-3-5-13(16)17/h6-7,9H,2-5,8H2,1H3. The first-order valence-electron chi connectivity index (χ1n) is 6.40. The first-order chi connectivity index (χ1) is 9.13. The molecule has 0 saturated carbocycles. The van der Waals surface area contributed by atoms with Gasteiger partial charge in [-0.05, 0) is 38.0 Å². The highest BCUT2D eigenvalue weighted by Gasteiger charge is 2.21. The van der Waals surface area contributed by atoms with Crippen molar-refractivity contribution in [3.05, 3.63) is 29.6 Å². The second-order valence-corrected chi connectivity index (χ2v) is 4.39. The number of halogens is 1. The molecule has 2 rings (SSSR count). The van der Waals surface area contributed by atoms with E-state index in [1.165, 1.54) is 12.1 Å². The molecule has 0 aromatic heterocycles. The molecule has 0 unspecified atom stereocenters. The van der Waals surface area contributed by atoms with E-state index in [0.717, 1.165) is 12.8 Å². The smallest absolute Gasteiger partial charge is 0.341 e. The molecule has 4 nitrogen and oxygen atoms in total. The number of hydrogen-bond donors (Lipinski definition) is 0. The van der Waals surface area contributed by atoms with E-state index in [1.54, 1.807) is 17.9 Å². The van der Waals surface area contributed by atoms with Gasteiger partial charge in [-0.1, -0.05) is 0 Å². The number of hydrogen-bond acceptors (Lipinski definition) is 3. The van der Waals surface area contributed by atoms with Gasteiger partial charge in [-0.15, -0.1) is 0 Å². The van der Waals surface area contributed by atoms with Crippen LogP contribution >= 0.6 is 0 Å². The Bertz CT molecular complexity index is 501. The van der Waals surface area contributed by atoms with Crippen molar-refractivity contribution in [2.24, 2.45) is 0 Å². The third-order valence-electron chi connectivity index (χ3n) is 3.08. The number of esters is 1. The second-order valence-electron chi connectivity index (χ2n) is 4.39. The fourth-order valence-corrected chi connectivity index (χ4v) is 2.13. The summed E-state index contributed by atoms with van der Waals surface area (Å²) in [4.78, 5) is 24.8. The largest absolute Gasteiger partial charge is 0.462 e. The maximum absolute atomic E-state index is 13.9. The predicted molar refractivity (Wildman–Crippen MR) is 68.6 cm³/mol. The summed E-state index contributed by atoms with van der Waals surface area (Å²) in [7, 11) is 0. The molecule has 1 aromatic rings. The first kappa shape index (κ1) is 13.5. The van der Waals surface area contributed by atoms with Gasteiger partial charge >= 0.3 is 5.97 Å². The van der Waals surface area contributed by atoms with Crippen LogP contribution < -0.4 is 4.90 Å². The Hall–Kier alpha value is -1.91. The van der Waals surface area contributed by atoms with Gasteiger partial charge in [-0.3, -0.25) is 4.79 Å². The molecule has 19 heavy (non-hydrogen) atoms. The van der Waals surface area contributed by atoms with Crippen LogP contribution in [0.4, 0.5) is 10.1 Å². The number of carbonyl (C=O) groups excluding carboxylic acids is 2. The molecule has 0 radical (unpaired) electrons. The second kappa shape index (κ2) is 5.82. The number of piperidine rings is 1. The quantitative estimate of drug-likeness (QED) is 0.789. The molecular weight excluding hydrogens is 249 g/mol. The van der Waals surface area contributed by atoms with Gasteiger partial charge in [-0.25, -0.2) is 9.18 Å². The van der Waals surface area contributed by atoms with Crippen molar-refractivity contribution in [2.75, 3.05) is 18.1 Å². The Morgan fingerprint density at radius 3 is 2.84 bits per heavy atom. The first-order valence-corrected chi connectivity index (χ1v) is 6.40. The van der Waals surface area contributed by atoms with Gasteiger partial charge < -0.3 is 9.64 Å². The summed E-state index contributed by atoms with van der Waals surface area (Å²) >= 11 is 0. The topological polar surface area (TPSA) is 46.6 Å². The van der Waals surface area contributed by atoms with Gasteiger partial charge in [0.1, 0.15) is 5.82 Å². The van der Waals surface area contributed by atoms with Crippen molar-refractivity contribution in [1.29, 1.82) is 0 Å². The number of nitrogens with zero attached hydrogens (tertiary/aromatic N) is 1. The van der Waals surface area contributed by atoms with Crippen LogP contribution in [0.5, 0.6) is 0 Å². The van der Waals surface area contributed by atoms with Crippen LogP contribution in [0.15, 0.2) is 18.2 Å². The van der Waals surface area contributed by atoms with E-state index < -0.39 is 11.8 Å². The summed E-state index contributed by atoms with van der Waals surface area (Å²) in [6, 6.07) is 4.17.